The van der Waals surface area contributed by atoms with Crippen molar-refractivity contribution in [2.45, 2.75) is 23.6 Å². The van der Waals surface area contributed by atoms with Crippen LogP contribution in [-0.4, -0.2) is 11.3 Å². The largest absolute Gasteiger partial charge is 0.495 e. The lowest BCUT2D eigenvalue weighted by atomic mass is 10.2. The number of rotatable bonds is 5. The van der Waals surface area contributed by atoms with Gasteiger partial charge in [0, 0.05) is 10.6 Å². The standard InChI is InChI=1S/C21H21NO2S/c1-15-7-11-17(12-8-15)22-19-5-4-6-20(24-3)21(19)25(23)18-13-9-16(2)10-14-18/h4-14,22H,1-3H3. The maximum absolute atomic E-state index is 13.2. The van der Waals surface area contributed by atoms with Gasteiger partial charge in [-0.2, -0.15) is 0 Å². The van der Waals surface area contributed by atoms with Crippen LogP contribution in [0.25, 0.3) is 0 Å². The Labute approximate surface area is 151 Å². The molecule has 0 saturated heterocycles. The molecule has 128 valence electrons. The zero-order valence-electron chi connectivity index (χ0n) is 14.6. The number of ether oxygens (including phenoxy) is 1. The van der Waals surface area contributed by atoms with E-state index in [1.807, 2.05) is 80.6 Å². The molecule has 0 aliphatic rings. The van der Waals surface area contributed by atoms with Crippen molar-refractivity contribution in [1.29, 1.82) is 0 Å². The molecule has 0 heterocycles. The molecule has 25 heavy (non-hydrogen) atoms. The van der Waals surface area contributed by atoms with Crippen LogP contribution < -0.4 is 10.1 Å². The van der Waals surface area contributed by atoms with Gasteiger partial charge in [0.1, 0.15) is 10.6 Å². The summed E-state index contributed by atoms with van der Waals surface area (Å²) in [6, 6.07) is 21.5. The van der Waals surface area contributed by atoms with Gasteiger partial charge in [0.05, 0.1) is 23.6 Å². The van der Waals surface area contributed by atoms with E-state index >= 15 is 0 Å². The summed E-state index contributed by atoms with van der Waals surface area (Å²) in [4.78, 5) is 1.40. The zero-order chi connectivity index (χ0) is 17.8. The number of hydrogen-bond acceptors (Lipinski definition) is 3. The Morgan fingerprint density at radius 3 is 2.04 bits per heavy atom. The van der Waals surface area contributed by atoms with E-state index in [-0.39, 0.29) is 0 Å². The second-order valence-corrected chi connectivity index (χ2v) is 7.33. The molecule has 0 bridgehead atoms. The van der Waals surface area contributed by atoms with Crippen molar-refractivity contribution in [3.05, 3.63) is 77.9 Å². The fourth-order valence-corrected chi connectivity index (χ4v) is 3.81. The highest BCUT2D eigenvalue weighted by atomic mass is 32.2. The predicted octanol–water partition coefficient (Wildman–Crippen LogP) is 5.22. The molecule has 3 nitrogen and oxygen atoms in total. The Balaban J connectivity index is 2.03. The van der Waals surface area contributed by atoms with E-state index in [4.69, 9.17) is 4.74 Å². The Morgan fingerprint density at radius 2 is 1.44 bits per heavy atom. The highest BCUT2D eigenvalue weighted by molar-refractivity contribution is 7.85. The van der Waals surface area contributed by atoms with E-state index in [0.29, 0.717) is 10.6 Å². The maximum atomic E-state index is 13.2. The van der Waals surface area contributed by atoms with Crippen molar-refractivity contribution >= 4 is 22.2 Å². The smallest absolute Gasteiger partial charge is 0.137 e. The van der Waals surface area contributed by atoms with Crippen molar-refractivity contribution in [3.63, 3.8) is 0 Å². The van der Waals surface area contributed by atoms with Gasteiger partial charge in [-0.25, -0.2) is 4.21 Å². The first-order valence-corrected chi connectivity index (χ1v) is 9.22. The summed E-state index contributed by atoms with van der Waals surface area (Å²) in [5.74, 6) is 0.607. The van der Waals surface area contributed by atoms with Crippen LogP contribution >= 0.6 is 0 Å². The number of aryl methyl sites for hydroxylation is 2. The Hall–Kier alpha value is -2.59. The summed E-state index contributed by atoms with van der Waals surface area (Å²) in [7, 11) is 0.254. The van der Waals surface area contributed by atoms with Crippen LogP contribution in [0.5, 0.6) is 5.75 Å². The fourth-order valence-electron chi connectivity index (χ4n) is 2.54. The molecule has 3 aromatic rings. The van der Waals surface area contributed by atoms with E-state index in [0.717, 1.165) is 21.8 Å². The molecular weight excluding hydrogens is 330 g/mol. The molecule has 0 radical (unpaired) electrons. The highest BCUT2D eigenvalue weighted by Crippen LogP contribution is 2.34. The second-order valence-electron chi connectivity index (χ2n) is 5.91. The van der Waals surface area contributed by atoms with Crippen molar-refractivity contribution in [2.75, 3.05) is 12.4 Å². The van der Waals surface area contributed by atoms with Gasteiger partial charge in [0.15, 0.2) is 0 Å². The number of nitrogens with one attached hydrogen (secondary N) is 1. The average Bonchev–Trinajstić information content (AvgIpc) is 2.63. The van der Waals surface area contributed by atoms with Crippen molar-refractivity contribution in [2.24, 2.45) is 0 Å². The molecule has 4 heteroatoms. The Bertz CT molecular complexity index is 887. The van der Waals surface area contributed by atoms with Gasteiger partial charge in [0.2, 0.25) is 0 Å². The number of methoxy groups -OCH3 is 1. The molecule has 0 aromatic heterocycles. The first kappa shape index (κ1) is 17.2. The minimum Gasteiger partial charge on any atom is -0.495 e. The van der Waals surface area contributed by atoms with Gasteiger partial charge in [-0.05, 0) is 50.2 Å². The van der Waals surface area contributed by atoms with E-state index in [1.54, 1.807) is 7.11 Å². The first-order chi connectivity index (χ1) is 12.1. The Morgan fingerprint density at radius 1 is 0.840 bits per heavy atom. The molecular formula is C21H21NO2S. The quantitative estimate of drug-likeness (QED) is 0.685. The second kappa shape index (κ2) is 7.53. The third-order valence-corrected chi connectivity index (χ3v) is 5.44. The Kier molecular flexibility index (Phi) is 5.19. The number of anilines is 2. The summed E-state index contributed by atoms with van der Waals surface area (Å²) >= 11 is 0. The van der Waals surface area contributed by atoms with Gasteiger partial charge in [-0.15, -0.1) is 0 Å². The minimum absolute atomic E-state index is 0.607. The molecule has 0 aliphatic heterocycles. The average molecular weight is 351 g/mol. The van der Waals surface area contributed by atoms with E-state index in [1.165, 1.54) is 5.56 Å². The zero-order valence-corrected chi connectivity index (χ0v) is 15.4. The first-order valence-electron chi connectivity index (χ1n) is 8.07. The van der Waals surface area contributed by atoms with Gasteiger partial charge in [-0.1, -0.05) is 41.5 Å². The summed E-state index contributed by atoms with van der Waals surface area (Å²) < 4.78 is 18.7. The lowest BCUT2D eigenvalue weighted by molar-refractivity contribution is 0.404. The molecule has 1 unspecified atom stereocenters. The van der Waals surface area contributed by atoms with E-state index < -0.39 is 10.8 Å². The molecule has 0 spiro atoms. The number of hydrogen-bond donors (Lipinski definition) is 1. The maximum Gasteiger partial charge on any atom is 0.137 e. The lowest BCUT2D eigenvalue weighted by Crippen LogP contribution is -2.02. The number of benzene rings is 3. The summed E-state index contributed by atoms with van der Waals surface area (Å²) in [5, 5.41) is 3.36. The van der Waals surface area contributed by atoms with Crippen LogP contribution in [0.1, 0.15) is 11.1 Å². The molecule has 0 saturated carbocycles. The summed E-state index contributed by atoms with van der Waals surface area (Å²) in [6.45, 7) is 4.06. The van der Waals surface area contributed by atoms with Crippen LogP contribution in [0.15, 0.2) is 76.5 Å². The third-order valence-electron chi connectivity index (χ3n) is 3.95. The molecule has 0 fully saturated rings. The molecule has 3 rings (SSSR count). The lowest BCUT2D eigenvalue weighted by Gasteiger charge is -2.15. The van der Waals surface area contributed by atoms with Crippen molar-refractivity contribution < 1.29 is 8.95 Å². The minimum atomic E-state index is -1.34. The van der Waals surface area contributed by atoms with Crippen LogP contribution in [0.3, 0.4) is 0 Å². The van der Waals surface area contributed by atoms with Gasteiger partial charge < -0.3 is 10.1 Å². The van der Waals surface area contributed by atoms with Crippen LogP contribution in [0.4, 0.5) is 11.4 Å². The highest BCUT2D eigenvalue weighted by Gasteiger charge is 2.18. The molecule has 1 N–H and O–H groups in total. The van der Waals surface area contributed by atoms with Crippen LogP contribution in [0, 0.1) is 13.8 Å². The topological polar surface area (TPSA) is 38.3 Å². The molecule has 0 aliphatic carbocycles. The summed E-state index contributed by atoms with van der Waals surface area (Å²) in [5.41, 5.74) is 4.06. The fraction of sp³-hybridized carbons (Fsp3) is 0.143. The van der Waals surface area contributed by atoms with Gasteiger partial charge in [-0.3, -0.25) is 0 Å². The monoisotopic (exact) mass is 351 g/mol. The van der Waals surface area contributed by atoms with Crippen molar-refractivity contribution in [3.8, 4) is 5.75 Å². The van der Waals surface area contributed by atoms with E-state index in [2.05, 4.69) is 5.32 Å². The predicted molar refractivity (Wildman–Crippen MR) is 103 cm³/mol. The molecule has 1 atom stereocenters. The SMILES string of the molecule is COc1cccc(Nc2ccc(C)cc2)c1S(=O)c1ccc(C)cc1. The molecule has 3 aromatic carbocycles. The van der Waals surface area contributed by atoms with Gasteiger partial charge >= 0.3 is 0 Å². The van der Waals surface area contributed by atoms with Crippen LogP contribution in [-0.2, 0) is 10.8 Å². The third kappa shape index (κ3) is 3.91. The normalized spacial score (nSPS) is 11.8. The van der Waals surface area contributed by atoms with Crippen molar-refractivity contribution in [1.82, 2.24) is 0 Å². The van der Waals surface area contributed by atoms with Crippen LogP contribution in [0.2, 0.25) is 0 Å². The molecule has 0 amide bonds. The van der Waals surface area contributed by atoms with E-state index in [9.17, 15) is 4.21 Å². The van der Waals surface area contributed by atoms with Gasteiger partial charge in [0.25, 0.3) is 0 Å². The summed E-state index contributed by atoms with van der Waals surface area (Å²) in [6.07, 6.45) is 0.